The highest BCUT2D eigenvalue weighted by Gasteiger charge is 2.07. The van der Waals surface area contributed by atoms with Crippen molar-refractivity contribution in [1.82, 2.24) is 15.5 Å². The molecule has 0 saturated carbocycles. The highest BCUT2D eigenvalue weighted by atomic mass is 79.9. The van der Waals surface area contributed by atoms with Gasteiger partial charge in [-0.15, -0.1) is 0 Å². The number of carbonyl (C=O) groups excluding carboxylic acids is 1. The monoisotopic (exact) mass is 396 g/mol. The summed E-state index contributed by atoms with van der Waals surface area (Å²) in [6.07, 6.45) is 0. The summed E-state index contributed by atoms with van der Waals surface area (Å²) in [7, 11) is 5.06. The zero-order valence-corrected chi connectivity index (χ0v) is 16.2. The number of rotatable bonds is 7. The van der Waals surface area contributed by atoms with Crippen molar-refractivity contribution in [3.8, 4) is 5.75 Å². The Kier molecular flexibility index (Phi) is 8.32. The first-order valence-corrected chi connectivity index (χ1v) is 8.32. The van der Waals surface area contributed by atoms with Crippen molar-refractivity contribution < 1.29 is 9.53 Å². The molecule has 1 rings (SSSR count). The van der Waals surface area contributed by atoms with E-state index in [1.54, 1.807) is 21.2 Å². The van der Waals surface area contributed by atoms with Gasteiger partial charge in [-0.1, -0.05) is 28.1 Å². The molecular formula is C17H25BrN4O2. The third-order valence-electron chi connectivity index (χ3n) is 3.11. The lowest BCUT2D eigenvalue weighted by Gasteiger charge is -2.15. The second kappa shape index (κ2) is 9.97. The van der Waals surface area contributed by atoms with Crippen molar-refractivity contribution in [3.63, 3.8) is 0 Å². The fourth-order valence-electron chi connectivity index (χ4n) is 1.76. The minimum Gasteiger partial charge on any atom is -0.496 e. The Morgan fingerprint density at radius 2 is 2.00 bits per heavy atom. The largest absolute Gasteiger partial charge is 0.496 e. The molecule has 1 amide bonds. The minimum atomic E-state index is -0.0279. The number of halogens is 1. The molecule has 0 aliphatic carbocycles. The summed E-state index contributed by atoms with van der Waals surface area (Å²) in [5.41, 5.74) is 1.92. The number of hydrogen-bond donors (Lipinski definition) is 2. The number of amides is 1. The van der Waals surface area contributed by atoms with E-state index in [-0.39, 0.29) is 12.5 Å². The molecule has 0 saturated heterocycles. The molecular weight excluding hydrogens is 372 g/mol. The minimum absolute atomic E-state index is 0.0279. The molecule has 0 bridgehead atoms. The van der Waals surface area contributed by atoms with Crippen molar-refractivity contribution in [2.75, 3.05) is 34.3 Å². The quantitative estimate of drug-likeness (QED) is 0.421. The van der Waals surface area contributed by atoms with E-state index in [0.29, 0.717) is 19.0 Å². The molecule has 24 heavy (non-hydrogen) atoms. The van der Waals surface area contributed by atoms with Gasteiger partial charge in [0.1, 0.15) is 5.75 Å². The Morgan fingerprint density at radius 3 is 2.58 bits per heavy atom. The number of benzene rings is 1. The van der Waals surface area contributed by atoms with Gasteiger partial charge in [0.2, 0.25) is 5.91 Å². The van der Waals surface area contributed by atoms with Gasteiger partial charge in [-0.2, -0.15) is 0 Å². The van der Waals surface area contributed by atoms with E-state index in [1.165, 1.54) is 4.90 Å². The Balaban J connectivity index is 2.84. The molecule has 1 aromatic rings. The normalized spacial score (nSPS) is 11.0. The number of aliphatic imine (C=N–C) groups is 1. The first-order valence-electron chi connectivity index (χ1n) is 7.52. The maximum absolute atomic E-state index is 11.7. The lowest BCUT2D eigenvalue weighted by atomic mass is 10.2. The van der Waals surface area contributed by atoms with Crippen molar-refractivity contribution in [2.45, 2.75) is 13.5 Å². The summed E-state index contributed by atoms with van der Waals surface area (Å²) in [4.78, 5) is 17.8. The number of ether oxygens (including phenoxy) is 1. The molecule has 0 unspecified atom stereocenters. The Labute approximate surface area is 152 Å². The maximum atomic E-state index is 11.7. The number of nitrogens with one attached hydrogen (secondary N) is 2. The standard InChI is InChI=1S/C17H25BrN4O2/c1-12(2)9-19-17(21-11-16(23)22(3)4)20-10-13-8-14(18)6-7-15(13)24-5/h6-8H,1,9-11H2,2-5H3,(H2,19,20,21). The fraction of sp³-hybridized carbons (Fsp3) is 0.412. The smallest absolute Gasteiger partial charge is 0.241 e. The van der Waals surface area contributed by atoms with Crippen LogP contribution in [0.3, 0.4) is 0 Å². The molecule has 0 aliphatic rings. The molecule has 0 aliphatic heterocycles. The van der Waals surface area contributed by atoms with Gasteiger partial charge < -0.3 is 20.3 Å². The average molecular weight is 397 g/mol. The van der Waals surface area contributed by atoms with Crippen LogP contribution in [0.2, 0.25) is 0 Å². The number of methoxy groups -OCH3 is 1. The summed E-state index contributed by atoms with van der Waals surface area (Å²) in [5.74, 6) is 1.29. The third kappa shape index (κ3) is 7.04. The van der Waals surface area contributed by atoms with E-state index < -0.39 is 0 Å². The molecule has 0 atom stereocenters. The van der Waals surface area contributed by atoms with Crippen LogP contribution in [0.15, 0.2) is 39.8 Å². The van der Waals surface area contributed by atoms with Crippen LogP contribution in [0.25, 0.3) is 0 Å². The summed E-state index contributed by atoms with van der Waals surface area (Å²) in [6, 6.07) is 5.77. The van der Waals surface area contributed by atoms with Gasteiger partial charge in [0.25, 0.3) is 0 Å². The predicted octanol–water partition coefficient (Wildman–Crippen LogP) is 2.16. The van der Waals surface area contributed by atoms with E-state index in [0.717, 1.165) is 21.4 Å². The fourth-order valence-corrected chi connectivity index (χ4v) is 2.17. The van der Waals surface area contributed by atoms with Crippen LogP contribution in [-0.2, 0) is 11.3 Å². The molecule has 0 radical (unpaired) electrons. The van der Waals surface area contributed by atoms with Crippen LogP contribution in [0.4, 0.5) is 0 Å². The van der Waals surface area contributed by atoms with Crippen molar-refractivity contribution >= 4 is 27.8 Å². The Morgan fingerprint density at radius 1 is 1.33 bits per heavy atom. The summed E-state index contributed by atoms with van der Waals surface area (Å²) < 4.78 is 6.31. The predicted molar refractivity (Wildman–Crippen MR) is 101 cm³/mol. The van der Waals surface area contributed by atoms with Crippen LogP contribution in [0.1, 0.15) is 12.5 Å². The molecule has 0 fully saturated rings. The molecule has 7 heteroatoms. The number of hydrogen-bond acceptors (Lipinski definition) is 3. The van der Waals surface area contributed by atoms with Gasteiger partial charge in [0.15, 0.2) is 5.96 Å². The lowest BCUT2D eigenvalue weighted by molar-refractivity contribution is -0.127. The second-order valence-electron chi connectivity index (χ2n) is 5.57. The molecule has 1 aromatic carbocycles. The van der Waals surface area contributed by atoms with Gasteiger partial charge in [-0.25, -0.2) is 4.99 Å². The molecule has 2 N–H and O–H groups in total. The Bertz CT molecular complexity index is 615. The molecule has 0 aromatic heterocycles. The highest BCUT2D eigenvalue weighted by molar-refractivity contribution is 9.10. The first-order chi connectivity index (χ1) is 11.3. The van der Waals surface area contributed by atoms with Gasteiger partial charge in [0.05, 0.1) is 20.2 Å². The van der Waals surface area contributed by atoms with Crippen LogP contribution in [0.5, 0.6) is 5.75 Å². The number of guanidine groups is 1. The van der Waals surface area contributed by atoms with Crippen LogP contribution in [0, 0.1) is 0 Å². The van der Waals surface area contributed by atoms with E-state index in [4.69, 9.17) is 4.74 Å². The van der Waals surface area contributed by atoms with Crippen molar-refractivity contribution in [1.29, 1.82) is 0 Å². The number of likely N-dealkylation sites (N-methyl/N-ethyl adjacent to an activating group) is 1. The van der Waals surface area contributed by atoms with E-state index in [9.17, 15) is 4.79 Å². The summed E-state index contributed by atoms with van der Waals surface area (Å²) in [5, 5.41) is 6.18. The van der Waals surface area contributed by atoms with Gasteiger partial charge in [-0.3, -0.25) is 4.79 Å². The van der Waals surface area contributed by atoms with Crippen LogP contribution in [-0.4, -0.2) is 51.1 Å². The summed E-state index contributed by atoms with van der Waals surface area (Å²) in [6.45, 7) is 6.96. The van der Waals surface area contributed by atoms with E-state index in [1.807, 2.05) is 25.1 Å². The zero-order chi connectivity index (χ0) is 18.1. The highest BCUT2D eigenvalue weighted by Crippen LogP contribution is 2.23. The first kappa shape index (κ1) is 20.0. The molecule has 132 valence electrons. The van der Waals surface area contributed by atoms with Gasteiger partial charge in [0, 0.05) is 30.7 Å². The van der Waals surface area contributed by atoms with Crippen LogP contribution < -0.4 is 15.4 Å². The topological polar surface area (TPSA) is 66.0 Å². The number of nitrogens with zero attached hydrogens (tertiary/aromatic N) is 2. The molecule has 6 nitrogen and oxygen atoms in total. The van der Waals surface area contributed by atoms with Crippen molar-refractivity contribution in [3.05, 3.63) is 40.4 Å². The zero-order valence-electron chi connectivity index (χ0n) is 14.6. The lowest BCUT2D eigenvalue weighted by Crippen LogP contribution is -2.43. The number of carbonyl (C=O) groups is 1. The molecule has 0 heterocycles. The van der Waals surface area contributed by atoms with Gasteiger partial charge >= 0.3 is 0 Å². The van der Waals surface area contributed by atoms with Crippen LogP contribution >= 0.6 is 15.9 Å². The van der Waals surface area contributed by atoms with Crippen molar-refractivity contribution in [2.24, 2.45) is 4.99 Å². The maximum Gasteiger partial charge on any atom is 0.241 e. The van der Waals surface area contributed by atoms with E-state index in [2.05, 4.69) is 38.1 Å². The third-order valence-corrected chi connectivity index (χ3v) is 3.61. The van der Waals surface area contributed by atoms with E-state index >= 15 is 0 Å². The average Bonchev–Trinajstić information content (AvgIpc) is 2.53. The Hall–Kier alpha value is -2.02. The van der Waals surface area contributed by atoms with Gasteiger partial charge in [-0.05, 0) is 25.1 Å². The molecule has 0 spiro atoms. The SMILES string of the molecule is C=C(C)CNC(=NCc1cc(Br)ccc1OC)NCC(=O)N(C)C. The second-order valence-corrected chi connectivity index (χ2v) is 6.49. The summed E-state index contributed by atoms with van der Waals surface area (Å²) >= 11 is 3.45.